The van der Waals surface area contributed by atoms with E-state index in [0.717, 1.165) is 79.7 Å². The van der Waals surface area contributed by atoms with Crippen LogP contribution in [0.2, 0.25) is 0 Å². The van der Waals surface area contributed by atoms with Gasteiger partial charge < -0.3 is 24.0 Å². The molecule has 2 heterocycles. The van der Waals surface area contributed by atoms with Gasteiger partial charge in [-0.2, -0.15) is 0 Å². The molecule has 9 heteroatoms. The van der Waals surface area contributed by atoms with Crippen LogP contribution in [0.25, 0.3) is 0 Å². The standard InChI is InChI=1S/C31H33F2N3O3S/c1-35-15-11-23(12-16-35)39-27-18-21(34-40-29-25(32)5-3-6-26(29)33)17-24-28(27)36(30(37)31(24)13-4-14-31)19-20-7-9-22(38-2)10-8-20/h3,5-10,17-18,23,34H,4,11-16,19H2,1-2H3. The molecule has 2 fully saturated rings. The Balaban J connectivity index is 1.38. The highest BCUT2D eigenvalue weighted by Crippen LogP contribution is 2.57. The van der Waals surface area contributed by atoms with Crippen molar-refractivity contribution in [2.45, 2.75) is 55.1 Å². The number of anilines is 2. The first-order valence-electron chi connectivity index (χ1n) is 13.7. The Morgan fingerprint density at radius 1 is 1.05 bits per heavy atom. The van der Waals surface area contributed by atoms with Crippen LogP contribution >= 0.6 is 11.9 Å². The summed E-state index contributed by atoms with van der Waals surface area (Å²) in [4.78, 5) is 18.1. The van der Waals surface area contributed by atoms with Gasteiger partial charge in [-0.15, -0.1) is 0 Å². The van der Waals surface area contributed by atoms with Crippen LogP contribution in [0.3, 0.4) is 0 Å². The third-order valence-electron chi connectivity index (χ3n) is 8.37. The average molecular weight is 566 g/mol. The number of amides is 1. The van der Waals surface area contributed by atoms with Crippen molar-refractivity contribution < 1.29 is 23.0 Å². The highest BCUT2D eigenvalue weighted by Gasteiger charge is 2.55. The summed E-state index contributed by atoms with van der Waals surface area (Å²) >= 11 is 0.888. The molecule has 210 valence electrons. The van der Waals surface area contributed by atoms with E-state index in [1.165, 1.54) is 18.2 Å². The lowest BCUT2D eigenvalue weighted by Crippen LogP contribution is -2.44. The van der Waals surface area contributed by atoms with Crippen LogP contribution in [-0.2, 0) is 16.8 Å². The highest BCUT2D eigenvalue weighted by atomic mass is 32.2. The van der Waals surface area contributed by atoms with Gasteiger partial charge in [0.05, 0.1) is 29.7 Å². The van der Waals surface area contributed by atoms with Gasteiger partial charge in [-0.3, -0.25) is 4.79 Å². The third kappa shape index (κ3) is 4.90. The molecule has 1 saturated carbocycles. The minimum absolute atomic E-state index is 0.0168. The number of carbonyl (C=O) groups is 1. The lowest BCUT2D eigenvalue weighted by atomic mass is 9.65. The van der Waals surface area contributed by atoms with E-state index in [4.69, 9.17) is 9.47 Å². The average Bonchev–Trinajstić information content (AvgIpc) is 3.18. The number of piperidine rings is 1. The molecule has 1 spiro atoms. The second kappa shape index (κ2) is 10.9. The maximum Gasteiger partial charge on any atom is 0.238 e. The van der Waals surface area contributed by atoms with Crippen LogP contribution in [-0.4, -0.2) is 44.2 Å². The predicted octanol–water partition coefficient (Wildman–Crippen LogP) is 6.53. The van der Waals surface area contributed by atoms with Gasteiger partial charge in [-0.1, -0.05) is 24.6 Å². The van der Waals surface area contributed by atoms with E-state index < -0.39 is 17.0 Å². The van der Waals surface area contributed by atoms with Gasteiger partial charge in [0.25, 0.3) is 0 Å². The summed E-state index contributed by atoms with van der Waals surface area (Å²) < 4.78 is 43.8. The molecule has 1 aliphatic carbocycles. The number of fused-ring (bicyclic) bond motifs is 2. The Bertz CT molecular complexity index is 1390. The Morgan fingerprint density at radius 3 is 2.38 bits per heavy atom. The Kier molecular flexibility index (Phi) is 7.35. The number of rotatable bonds is 8. The van der Waals surface area contributed by atoms with Crippen LogP contribution in [0.4, 0.5) is 20.2 Å². The molecule has 0 aromatic heterocycles. The molecule has 0 bridgehead atoms. The second-order valence-electron chi connectivity index (χ2n) is 10.9. The zero-order valence-electron chi connectivity index (χ0n) is 22.7. The number of nitrogens with zero attached hydrogens (tertiary/aromatic N) is 2. The molecule has 1 amide bonds. The molecule has 6 rings (SSSR count). The molecule has 2 aliphatic heterocycles. The van der Waals surface area contributed by atoms with E-state index in [2.05, 4.69) is 16.7 Å². The molecule has 0 atom stereocenters. The molecule has 3 aromatic rings. The highest BCUT2D eigenvalue weighted by molar-refractivity contribution is 8.00. The fourth-order valence-corrected chi connectivity index (χ4v) is 6.59. The molecule has 3 aromatic carbocycles. The van der Waals surface area contributed by atoms with Gasteiger partial charge in [0.15, 0.2) is 0 Å². The van der Waals surface area contributed by atoms with Crippen molar-refractivity contribution in [3.63, 3.8) is 0 Å². The van der Waals surface area contributed by atoms with Gasteiger partial charge in [0.2, 0.25) is 5.91 Å². The molecule has 1 saturated heterocycles. The number of nitrogens with one attached hydrogen (secondary N) is 1. The van der Waals surface area contributed by atoms with Gasteiger partial charge >= 0.3 is 0 Å². The third-order valence-corrected chi connectivity index (χ3v) is 9.30. The molecule has 3 aliphatic rings. The van der Waals surface area contributed by atoms with Crippen molar-refractivity contribution in [1.82, 2.24) is 4.90 Å². The Labute approximate surface area is 237 Å². The number of ether oxygens (including phenoxy) is 2. The SMILES string of the molecule is COc1ccc(CN2C(=O)C3(CCC3)c3cc(NSc4c(F)cccc4F)cc(OC4CCN(C)CC4)c32)cc1. The van der Waals surface area contributed by atoms with E-state index in [1.54, 1.807) is 7.11 Å². The largest absolute Gasteiger partial charge is 0.497 e. The van der Waals surface area contributed by atoms with Crippen LogP contribution in [0, 0.1) is 11.6 Å². The smallest absolute Gasteiger partial charge is 0.238 e. The predicted molar refractivity (Wildman–Crippen MR) is 153 cm³/mol. The quantitative estimate of drug-likeness (QED) is 0.313. The first-order chi connectivity index (χ1) is 19.4. The van der Waals surface area contributed by atoms with Gasteiger partial charge in [-0.25, -0.2) is 8.78 Å². The zero-order valence-corrected chi connectivity index (χ0v) is 23.5. The van der Waals surface area contributed by atoms with Gasteiger partial charge in [0, 0.05) is 24.8 Å². The number of likely N-dealkylation sites (tertiary alicyclic amines) is 1. The van der Waals surface area contributed by atoms with Gasteiger partial charge in [-0.05, 0) is 86.1 Å². The van der Waals surface area contributed by atoms with Crippen molar-refractivity contribution in [3.05, 3.63) is 77.4 Å². The monoisotopic (exact) mass is 565 g/mol. The Hall–Kier alpha value is -3.30. The van der Waals surface area contributed by atoms with Crippen LogP contribution in [0.1, 0.15) is 43.2 Å². The summed E-state index contributed by atoms with van der Waals surface area (Å²) in [7, 11) is 3.74. The van der Waals surface area contributed by atoms with E-state index in [0.29, 0.717) is 18.0 Å². The number of carbonyl (C=O) groups excluding carboxylic acids is 1. The molecule has 0 radical (unpaired) electrons. The maximum atomic E-state index is 14.3. The van der Waals surface area contributed by atoms with Crippen molar-refractivity contribution in [3.8, 4) is 11.5 Å². The lowest BCUT2D eigenvalue weighted by Gasteiger charge is -2.37. The summed E-state index contributed by atoms with van der Waals surface area (Å²) in [5.41, 5.74) is 2.79. The second-order valence-corrected chi connectivity index (χ2v) is 11.7. The minimum Gasteiger partial charge on any atom is -0.497 e. The number of methoxy groups -OCH3 is 1. The molecule has 6 nitrogen and oxygen atoms in total. The number of halogens is 2. The van der Waals surface area contributed by atoms with Gasteiger partial charge in [0.1, 0.15) is 29.2 Å². The topological polar surface area (TPSA) is 54.0 Å². The summed E-state index contributed by atoms with van der Waals surface area (Å²) in [5, 5.41) is 0. The molecule has 40 heavy (non-hydrogen) atoms. The Morgan fingerprint density at radius 2 is 1.75 bits per heavy atom. The van der Waals surface area contributed by atoms with Crippen LogP contribution < -0.4 is 19.1 Å². The van der Waals surface area contributed by atoms with E-state index in [9.17, 15) is 13.6 Å². The first-order valence-corrected chi connectivity index (χ1v) is 14.5. The van der Waals surface area contributed by atoms with E-state index in [-0.39, 0.29) is 16.9 Å². The molecular weight excluding hydrogens is 532 g/mol. The molecular formula is C31H33F2N3O3S. The van der Waals surface area contributed by atoms with Crippen LogP contribution in [0.15, 0.2) is 59.5 Å². The minimum atomic E-state index is -0.627. The fraction of sp³-hybridized carbons (Fsp3) is 0.387. The first kappa shape index (κ1) is 26.9. The van der Waals surface area contributed by atoms with Crippen molar-refractivity contribution in [2.75, 3.05) is 36.9 Å². The van der Waals surface area contributed by atoms with Crippen molar-refractivity contribution >= 4 is 29.2 Å². The summed E-state index contributed by atoms with van der Waals surface area (Å²) in [5.74, 6) is 0.228. The van der Waals surface area contributed by atoms with Crippen molar-refractivity contribution in [2.24, 2.45) is 0 Å². The summed E-state index contributed by atoms with van der Waals surface area (Å²) in [6, 6.07) is 15.4. The van der Waals surface area contributed by atoms with E-state index in [1.807, 2.05) is 41.3 Å². The normalized spacial score (nSPS) is 18.5. The van der Waals surface area contributed by atoms with Crippen LogP contribution in [0.5, 0.6) is 11.5 Å². The fourth-order valence-electron chi connectivity index (χ4n) is 5.93. The summed E-state index contributed by atoms with van der Waals surface area (Å²) in [6.45, 7) is 2.29. The zero-order chi connectivity index (χ0) is 27.9. The molecule has 0 unspecified atom stereocenters. The maximum absolute atomic E-state index is 14.3. The lowest BCUT2D eigenvalue weighted by molar-refractivity contribution is -0.126. The summed E-state index contributed by atoms with van der Waals surface area (Å²) in [6.07, 6.45) is 4.29. The molecule has 1 N–H and O–H groups in total. The van der Waals surface area contributed by atoms with E-state index >= 15 is 0 Å². The van der Waals surface area contributed by atoms with Crippen molar-refractivity contribution in [1.29, 1.82) is 0 Å². The number of hydrogen-bond donors (Lipinski definition) is 1. The number of benzene rings is 3. The number of hydrogen-bond acceptors (Lipinski definition) is 6.